The van der Waals surface area contributed by atoms with Gasteiger partial charge < -0.3 is 9.72 Å². The summed E-state index contributed by atoms with van der Waals surface area (Å²) in [5.74, 6) is 1.74. The van der Waals surface area contributed by atoms with E-state index in [9.17, 15) is 4.79 Å². The number of benzene rings is 2. The van der Waals surface area contributed by atoms with Gasteiger partial charge in [-0.2, -0.15) is 4.98 Å². The maximum Gasteiger partial charge on any atom is 0.248 e. The quantitative estimate of drug-likeness (QED) is 0.426. The molecule has 2 aromatic heterocycles. The number of aromatic amines is 2. The van der Waals surface area contributed by atoms with Crippen molar-refractivity contribution in [3.8, 4) is 5.75 Å². The maximum atomic E-state index is 12.2. The van der Waals surface area contributed by atoms with E-state index in [0.29, 0.717) is 24.6 Å². The lowest BCUT2D eigenvalue weighted by molar-refractivity contribution is -0.116. The van der Waals surface area contributed by atoms with Crippen molar-refractivity contribution >= 4 is 22.8 Å². The van der Waals surface area contributed by atoms with Crippen LogP contribution < -0.4 is 10.1 Å². The lowest BCUT2D eigenvalue weighted by Crippen LogP contribution is -2.12. The monoisotopic (exact) mass is 389 g/mol. The summed E-state index contributed by atoms with van der Waals surface area (Å²) in [4.78, 5) is 19.8. The summed E-state index contributed by atoms with van der Waals surface area (Å²) in [6.07, 6.45) is 4.64. The van der Waals surface area contributed by atoms with E-state index in [1.165, 1.54) is 10.9 Å². The molecule has 7 nitrogen and oxygen atoms in total. The van der Waals surface area contributed by atoms with Gasteiger partial charge in [-0.1, -0.05) is 30.3 Å². The number of nitrogens with zero attached hydrogens (tertiary/aromatic N) is 2. The lowest BCUT2D eigenvalue weighted by Gasteiger charge is -2.02. The molecule has 2 heterocycles. The third-order valence-electron chi connectivity index (χ3n) is 4.84. The molecule has 148 valence electrons. The third kappa shape index (κ3) is 4.63. The van der Waals surface area contributed by atoms with Gasteiger partial charge in [-0.05, 0) is 42.2 Å². The molecule has 3 N–H and O–H groups in total. The highest BCUT2D eigenvalue weighted by Gasteiger charge is 2.09. The number of fused-ring (bicyclic) bond motifs is 1. The number of aryl methyl sites for hydroxylation is 1. The summed E-state index contributed by atoms with van der Waals surface area (Å²) in [7, 11) is 1.64. The van der Waals surface area contributed by atoms with E-state index in [1.54, 1.807) is 7.11 Å². The first-order chi connectivity index (χ1) is 14.2. The molecule has 0 aliphatic carbocycles. The van der Waals surface area contributed by atoms with E-state index >= 15 is 0 Å². The minimum Gasteiger partial charge on any atom is -0.497 e. The van der Waals surface area contributed by atoms with Gasteiger partial charge >= 0.3 is 0 Å². The average molecular weight is 389 g/mol. The first-order valence-corrected chi connectivity index (χ1v) is 9.60. The van der Waals surface area contributed by atoms with Crippen LogP contribution in [0.2, 0.25) is 0 Å². The van der Waals surface area contributed by atoms with Crippen LogP contribution >= 0.6 is 0 Å². The molecule has 2 aromatic carbocycles. The van der Waals surface area contributed by atoms with Gasteiger partial charge in [-0.15, -0.1) is 5.10 Å². The molecule has 0 atom stereocenters. The fraction of sp³-hybridized carbons (Fsp3) is 0.227. The predicted octanol–water partition coefficient (Wildman–Crippen LogP) is 3.85. The molecule has 0 saturated carbocycles. The summed E-state index contributed by atoms with van der Waals surface area (Å²) in [5, 5.41) is 10.9. The Bertz CT molecular complexity index is 1100. The average Bonchev–Trinajstić information content (AvgIpc) is 3.35. The van der Waals surface area contributed by atoms with Crippen LogP contribution in [0.15, 0.2) is 54.7 Å². The third-order valence-corrected chi connectivity index (χ3v) is 4.84. The second-order valence-corrected chi connectivity index (χ2v) is 6.89. The molecule has 1 amide bonds. The van der Waals surface area contributed by atoms with Crippen molar-refractivity contribution in [3.63, 3.8) is 0 Å². The first-order valence-electron chi connectivity index (χ1n) is 9.60. The number of hydrogen-bond donors (Lipinski definition) is 3. The Morgan fingerprint density at radius 3 is 2.79 bits per heavy atom. The van der Waals surface area contributed by atoms with Gasteiger partial charge in [-0.3, -0.25) is 15.2 Å². The molecule has 0 bridgehead atoms. The van der Waals surface area contributed by atoms with Crippen molar-refractivity contribution in [2.75, 3.05) is 12.4 Å². The maximum absolute atomic E-state index is 12.2. The number of nitrogens with one attached hydrogen (secondary N) is 3. The van der Waals surface area contributed by atoms with Crippen molar-refractivity contribution in [3.05, 3.63) is 71.7 Å². The van der Waals surface area contributed by atoms with Gasteiger partial charge in [0, 0.05) is 29.9 Å². The molecule has 0 aliphatic rings. The topological polar surface area (TPSA) is 95.7 Å². The molecule has 0 aliphatic heterocycles. The molecule has 0 unspecified atom stereocenters. The summed E-state index contributed by atoms with van der Waals surface area (Å²) in [6, 6.07) is 15.9. The standard InChI is InChI=1S/C22H23N5O2/c1-29-17-11-9-15(10-12-17)13-20-24-22(27-26-20)25-21(28)8-4-5-16-14-23-19-7-3-2-6-18(16)19/h2-3,6-7,9-12,14,23H,4-5,8,13H2,1H3,(H2,24,25,26,27,28). The van der Waals surface area contributed by atoms with Gasteiger partial charge in [0.05, 0.1) is 7.11 Å². The van der Waals surface area contributed by atoms with Crippen LogP contribution in [0.4, 0.5) is 5.95 Å². The van der Waals surface area contributed by atoms with Crippen LogP contribution in [0.5, 0.6) is 5.75 Å². The van der Waals surface area contributed by atoms with Crippen LogP contribution in [0.25, 0.3) is 10.9 Å². The van der Waals surface area contributed by atoms with Crippen molar-refractivity contribution in [1.82, 2.24) is 20.2 Å². The Hall–Kier alpha value is -3.61. The number of carbonyl (C=O) groups excluding carboxylic acids is 1. The van der Waals surface area contributed by atoms with Crippen LogP contribution in [0.1, 0.15) is 29.8 Å². The van der Waals surface area contributed by atoms with Crippen molar-refractivity contribution < 1.29 is 9.53 Å². The smallest absolute Gasteiger partial charge is 0.248 e. The molecule has 7 heteroatoms. The minimum absolute atomic E-state index is 0.0835. The van der Waals surface area contributed by atoms with E-state index in [0.717, 1.165) is 29.7 Å². The van der Waals surface area contributed by atoms with Gasteiger partial charge in [0.2, 0.25) is 11.9 Å². The first kappa shape index (κ1) is 18.7. The molecular weight excluding hydrogens is 366 g/mol. The van der Waals surface area contributed by atoms with Crippen molar-refractivity contribution in [1.29, 1.82) is 0 Å². The summed E-state index contributed by atoms with van der Waals surface area (Å²) in [6.45, 7) is 0. The normalized spacial score (nSPS) is 10.9. The van der Waals surface area contributed by atoms with Gasteiger partial charge in [0.15, 0.2) is 0 Å². The highest BCUT2D eigenvalue weighted by molar-refractivity contribution is 5.89. The van der Waals surface area contributed by atoms with Gasteiger partial charge in [0.1, 0.15) is 11.6 Å². The molecule has 0 radical (unpaired) electrons. The van der Waals surface area contributed by atoms with Gasteiger partial charge in [-0.25, -0.2) is 0 Å². The molecule has 4 aromatic rings. The summed E-state index contributed by atoms with van der Waals surface area (Å²) >= 11 is 0. The number of ether oxygens (including phenoxy) is 1. The Morgan fingerprint density at radius 2 is 1.97 bits per heavy atom. The number of aromatic nitrogens is 4. The molecule has 0 saturated heterocycles. The fourth-order valence-corrected chi connectivity index (χ4v) is 3.33. The predicted molar refractivity (Wildman–Crippen MR) is 112 cm³/mol. The van der Waals surface area contributed by atoms with Crippen molar-refractivity contribution in [2.45, 2.75) is 25.7 Å². The zero-order chi connectivity index (χ0) is 20.1. The van der Waals surface area contributed by atoms with E-state index in [2.05, 4.69) is 37.6 Å². The summed E-state index contributed by atoms with van der Waals surface area (Å²) < 4.78 is 5.16. The largest absolute Gasteiger partial charge is 0.497 e. The molecular formula is C22H23N5O2. The number of H-pyrrole nitrogens is 2. The van der Waals surface area contributed by atoms with Crippen LogP contribution in [0, 0.1) is 0 Å². The molecule has 4 rings (SSSR count). The number of anilines is 1. The Kier molecular flexibility index (Phi) is 5.56. The number of amides is 1. The molecule has 0 spiro atoms. The number of methoxy groups -OCH3 is 1. The van der Waals surface area contributed by atoms with E-state index in [4.69, 9.17) is 4.74 Å². The van der Waals surface area contributed by atoms with E-state index < -0.39 is 0 Å². The summed E-state index contributed by atoms with van der Waals surface area (Å²) in [5.41, 5.74) is 3.43. The zero-order valence-electron chi connectivity index (χ0n) is 16.2. The molecule has 0 fully saturated rings. The Morgan fingerprint density at radius 1 is 1.14 bits per heavy atom. The SMILES string of the molecule is COc1ccc(Cc2nc(NC(=O)CCCc3c[nH]c4ccccc34)n[nH]2)cc1. The Balaban J connectivity index is 1.26. The van der Waals surface area contributed by atoms with Crippen LogP contribution in [0.3, 0.4) is 0 Å². The van der Waals surface area contributed by atoms with Crippen molar-refractivity contribution in [2.24, 2.45) is 0 Å². The number of hydrogen-bond acceptors (Lipinski definition) is 4. The minimum atomic E-state index is -0.0835. The van der Waals surface area contributed by atoms with E-state index in [1.807, 2.05) is 42.6 Å². The van der Waals surface area contributed by atoms with Crippen LogP contribution in [-0.4, -0.2) is 33.2 Å². The second kappa shape index (κ2) is 8.60. The highest BCUT2D eigenvalue weighted by atomic mass is 16.5. The second-order valence-electron chi connectivity index (χ2n) is 6.89. The van der Waals surface area contributed by atoms with Gasteiger partial charge in [0.25, 0.3) is 0 Å². The highest BCUT2D eigenvalue weighted by Crippen LogP contribution is 2.19. The zero-order valence-corrected chi connectivity index (χ0v) is 16.2. The lowest BCUT2D eigenvalue weighted by atomic mass is 10.1. The Labute approximate surface area is 168 Å². The molecule has 29 heavy (non-hydrogen) atoms. The number of para-hydroxylation sites is 1. The number of carbonyl (C=O) groups is 1. The fourth-order valence-electron chi connectivity index (χ4n) is 3.33. The van der Waals surface area contributed by atoms with E-state index in [-0.39, 0.29) is 5.91 Å². The van der Waals surface area contributed by atoms with Crippen LogP contribution in [-0.2, 0) is 17.6 Å². The number of rotatable bonds is 8.